The highest BCUT2D eigenvalue weighted by Crippen LogP contribution is 2.39. The van der Waals surface area contributed by atoms with Gasteiger partial charge in [-0.2, -0.15) is 0 Å². The van der Waals surface area contributed by atoms with E-state index in [1.165, 1.54) is 0 Å². The molecule has 2 aliphatic rings. The fourth-order valence-electron chi connectivity index (χ4n) is 5.26. The van der Waals surface area contributed by atoms with Crippen molar-refractivity contribution in [2.75, 3.05) is 14.1 Å². The van der Waals surface area contributed by atoms with Crippen molar-refractivity contribution in [2.24, 2.45) is 0 Å². The van der Waals surface area contributed by atoms with Gasteiger partial charge in [-0.25, -0.2) is 0 Å². The second-order valence-corrected chi connectivity index (χ2v) is 12.1. The van der Waals surface area contributed by atoms with E-state index in [2.05, 4.69) is 79.3 Å². The first-order valence-corrected chi connectivity index (χ1v) is 12.2. The molecule has 2 saturated heterocycles. The average molecular weight is 455 g/mol. The molecule has 0 aliphatic carbocycles. The molecule has 0 amide bonds. The van der Waals surface area contributed by atoms with Gasteiger partial charge in [-0.3, -0.25) is 19.4 Å². The van der Waals surface area contributed by atoms with Gasteiger partial charge in [0.15, 0.2) is 0 Å². The van der Waals surface area contributed by atoms with Gasteiger partial charge in [0.25, 0.3) is 0 Å². The lowest BCUT2D eigenvalue weighted by Crippen LogP contribution is -2.60. The summed E-state index contributed by atoms with van der Waals surface area (Å²) in [6, 6.07) is 0. The highest BCUT2D eigenvalue weighted by molar-refractivity contribution is 5.69. The summed E-state index contributed by atoms with van der Waals surface area (Å²) >= 11 is 0. The van der Waals surface area contributed by atoms with Crippen molar-refractivity contribution in [1.29, 1.82) is 0 Å². The fourth-order valence-corrected chi connectivity index (χ4v) is 5.26. The number of ether oxygens (including phenoxy) is 2. The lowest BCUT2D eigenvalue weighted by atomic mass is 9.79. The number of carbonyl (C=O) groups is 2. The van der Waals surface area contributed by atoms with Crippen molar-refractivity contribution in [3.63, 3.8) is 0 Å². The largest absolute Gasteiger partial charge is 0.462 e. The molecule has 6 heteroatoms. The van der Waals surface area contributed by atoms with E-state index in [0.717, 1.165) is 25.7 Å². The number of hydrogen-bond acceptors (Lipinski definition) is 6. The number of nitrogens with zero attached hydrogens (tertiary/aromatic N) is 2. The maximum absolute atomic E-state index is 11.3. The van der Waals surface area contributed by atoms with Crippen molar-refractivity contribution < 1.29 is 19.1 Å². The van der Waals surface area contributed by atoms with Gasteiger partial charge in [-0.15, -0.1) is 0 Å². The molecule has 0 bridgehead atoms. The van der Waals surface area contributed by atoms with Crippen molar-refractivity contribution in [3.8, 4) is 0 Å². The van der Waals surface area contributed by atoms with Crippen molar-refractivity contribution in [1.82, 2.24) is 9.80 Å². The van der Waals surface area contributed by atoms with Crippen molar-refractivity contribution >= 4 is 11.9 Å². The van der Waals surface area contributed by atoms with Gasteiger partial charge in [0.1, 0.15) is 12.2 Å². The Kier molecular flexibility index (Phi) is 9.41. The number of hydrogen-bond donors (Lipinski definition) is 0. The quantitative estimate of drug-likeness (QED) is 0.545. The molecule has 0 atom stereocenters. The van der Waals surface area contributed by atoms with Crippen LogP contribution in [0, 0.1) is 0 Å². The first-order chi connectivity index (χ1) is 14.4. The van der Waals surface area contributed by atoms with Gasteiger partial charge in [0, 0.05) is 60.7 Å². The van der Waals surface area contributed by atoms with E-state index >= 15 is 0 Å². The SMILES string of the molecule is CCC(=O)OC1CC(C)(C)N(C)C(C)(C)C1.CCC(=O)OC1CC(C)(C)N(C)C(C)(C)C1. The van der Waals surface area contributed by atoms with Gasteiger partial charge in [-0.05, 0) is 69.5 Å². The monoisotopic (exact) mass is 454 g/mol. The second-order valence-electron chi connectivity index (χ2n) is 12.1. The number of esters is 2. The fraction of sp³-hybridized carbons (Fsp3) is 0.923. The molecule has 2 aliphatic heterocycles. The predicted octanol–water partition coefficient (Wildman–Crippen LogP) is 5.18. The predicted molar refractivity (Wildman–Crippen MR) is 131 cm³/mol. The third kappa shape index (κ3) is 7.44. The van der Waals surface area contributed by atoms with Crippen LogP contribution in [-0.2, 0) is 19.1 Å². The smallest absolute Gasteiger partial charge is 0.305 e. The molecular formula is C26H50N2O4. The third-order valence-electron chi connectivity index (χ3n) is 7.71. The lowest BCUT2D eigenvalue weighted by molar-refractivity contribution is -0.159. The summed E-state index contributed by atoms with van der Waals surface area (Å²) in [6.45, 7) is 21.4. The van der Waals surface area contributed by atoms with Crippen LogP contribution in [0.2, 0.25) is 0 Å². The molecule has 0 spiro atoms. The molecule has 0 aromatic rings. The Hall–Kier alpha value is -1.14. The highest BCUT2D eigenvalue weighted by atomic mass is 16.5. The van der Waals surface area contributed by atoms with Crippen LogP contribution in [0.15, 0.2) is 0 Å². The molecule has 188 valence electrons. The van der Waals surface area contributed by atoms with E-state index in [-0.39, 0.29) is 46.3 Å². The summed E-state index contributed by atoms with van der Waals surface area (Å²) in [5.41, 5.74) is 0.335. The standard InChI is InChI=1S/2C13H25NO2/c2*1-7-11(15)16-10-8-12(2,3)14(6)13(4,5)9-10/h2*10H,7-9H2,1-6H3. The Balaban J connectivity index is 0.000000320. The van der Waals surface area contributed by atoms with Crippen molar-refractivity contribution in [3.05, 3.63) is 0 Å². The van der Waals surface area contributed by atoms with Crippen LogP contribution < -0.4 is 0 Å². The summed E-state index contributed by atoms with van der Waals surface area (Å²) in [4.78, 5) is 27.5. The third-order valence-corrected chi connectivity index (χ3v) is 7.71. The normalized spacial score (nSPS) is 25.4. The number of piperidine rings is 2. The van der Waals surface area contributed by atoms with E-state index in [0.29, 0.717) is 12.8 Å². The Morgan fingerprint density at radius 1 is 0.625 bits per heavy atom. The lowest BCUT2D eigenvalue weighted by Gasteiger charge is -2.53. The minimum absolute atomic E-state index is 0.0636. The van der Waals surface area contributed by atoms with Gasteiger partial charge in [0.2, 0.25) is 0 Å². The first kappa shape index (κ1) is 28.9. The minimum atomic E-state index is -0.0823. The molecule has 6 nitrogen and oxygen atoms in total. The van der Waals surface area contributed by atoms with E-state index < -0.39 is 0 Å². The Labute approximate surface area is 197 Å². The van der Waals surface area contributed by atoms with E-state index in [1.54, 1.807) is 0 Å². The molecule has 2 heterocycles. The maximum Gasteiger partial charge on any atom is 0.305 e. The number of carbonyl (C=O) groups excluding carboxylic acids is 2. The van der Waals surface area contributed by atoms with Gasteiger partial charge in [-0.1, -0.05) is 13.8 Å². The molecule has 0 aromatic heterocycles. The average Bonchev–Trinajstić information content (AvgIpc) is 2.63. The molecule has 2 rings (SSSR count). The van der Waals surface area contributed by atoms with Gasteiger partial charge >= 0.3 is 11.9 Å². The van der Waals surface area contributed by atoms with E-state index in [9.17, 15) is 9.59 Å². The summed E-state index contributed by atoms with van der Waals surface area (Å²) in [5, 5.41) is 0. The highest BCUT2D eigenvalue weighted by Gasteiger charge is 2.45. The van der Waals surface area contributed by atoms with Gasteiger partial charge in [0.05, 0.1) is 0 Å². The van der Waals surface area contributed by atoms with Crippen LogP contribution in [0.3, 0.4) is 0 Å². The Morgan fingerprint density at radius 3 is 1.03 bits per heavy atom. The number of rotatable bonds is 4. The number of likely N-dealkylation sites (tertiary alicyclic amines) is 2. The molecule has 2 fully saturated rings. The van der Waals surface area contributed by atoms with Crippen LogP contribution in [0.25, 0.3) is 0 Å². The minimum Gasteiger partial charge on any atom is -0.462 e. The Bertz CT molecular complexity index is 562. The zero-order chi connectivity index (χ0) is 25.1. The van der Waals surface area contributed by atoms with Crippen LogP contribution >= 0.6 is 0 Å². The summed E-state index contributed by atoms with van der Waals surface area (Å²) in [7, 11) is 4.30. The zero-order valence-electron chi connectivity index (χ0n) is 22.9. The van der Waals surface area contributed by atoms with Crippen molar-refractivity contribution in [2.45, 2.75) is 142 Å². The molecule has 0 unspecified atom stereocenters. The zero-order valence-corrected chi connectivity index (χ0v) is 22.9. The van der Waals surface area contributed by atoms with E-state index in [4.69, 9.17) is 9.47 Å². The summed E-state index contributed by atoms with van der Waals surface area (Å²) < 4.78 is 11.0. The topological polar surface area (TPSA) is 59.1 Å². The Morgan fingerprint density at radius 2 is 0.844 bits per heavy atom. The summed E-state index contributed by atoms with van der Waals surface area (Å²) in [6.07, 6.45) is 4.72. The van der Waals surface area contributed by atoms with Crippen LogP contribution in [-0.4, -0.2) is 70.2 Å². The molecule has 0 radical (unpaired) electrons. The molecule has 32 heavy (non-hydrogen) atoms. The first-order valence-electron chi connectivity index (χ1n) is 12.2. The summed E-state index contributed by atoms with van der Waals surface area (Å²) in [5.74, 6) is -0.165. The second kappa shape index (κ2) is 10.4. The molecule has 0 aromatic carbocycles. The van der Waals surface area contributed by atoms with Gasteiger partial charge < -0.3 is 9.47 Å². The molecule has 0 saturated carbocycles. The molecule has 0 N–H and O–H groups in total. The van der Waals surface area contributed by atoms with Crippen LogP contribution in [0.5, 0.6) is 0 Å². The van der Waals surface area contributed by atoms with Crippen LogP contribution in [0.1, 0.15) is 108 Å². The molecular weight excluding hydrogens is 404 g/mol. The van der Waals surface area contributed by atoms with Crippen LogP contribution in [0.4, 0.5) is 0 Å². The van der Waals surface area contributed by atoms with E-state index in [1.807, 2.05) is 13.8 Å². The maximum atomic E-state index is 11.3.